The number of hydrazine groups is 1. The summed E-state index contributed by atoms with van der Waals surface area (Å²) in [5.74, 6) is 2.70. The third-order valence-electron chi connectivity index (χ3n) is 3.86. The van der Waals surface area contributed by atoms with Crippen LogP contribution >= 0.6 is 0 Å². The zero-order valence-electron chi connectivity index (χ0n) is 11.0. The predicted octanol–water partition coefficient (Wildman–Crippen LogP) is 1.45. The van der Waals surface area contributed by atoms with E-state index in [4.69, 9.17) is 10.9 Å². The van der Waals surface area contributed by atoms with E-state index in [1.54, 1.807) is 0 Å². The summed E-state index contributed by atoms with van der Waals surface area (Å²) in [5.41, 5.74) is 0. The van der Waals surface area contributed by atoms with E-state index in [2.05, 4.69) is 4.84 Å². The smallest absolute Gasteiger partial charge is 0.431 e. The van der Waals surface area contributed by atoms with Crippen LogP contribution in [0.5, 0.6) is 0 Å². The first-order valence-electron chi connectivity index (χ1n) is 6.54. The van der Waals surface area contributed by atoms with E-state index < -0.39 is 36.4 Å². The third kappa shape index (κ3) is 3.21. The van der Waals surface area contributed by atoms with Gasteiger partial charge in [-0.3, -0.25) is 9.69 Å². The number of fused-ring (bicyclic) bond motifs is 1. The summed E-state index contributed by atoms with van der Waals surface area (Å²) in [4.78, 5) is 27.6. The van der Waals surface area contributed by atoms with Gasteiger partial charge in [-0.25, -0.2) is 10.6 Å². The van der Waals surface area contributed by atoms with E-state index in [0.717, 1.165) is 4.90 Å². The predicted molar refractivity (Wildman–Crippen MR) is 62.2 cm³/mol. The standard InChI is InChI=1S/C11H16F3N3O4/c12-11(13,14)6-5-8-16(10(20)21-17(8)15)7(6)3-1-2-4-9(18)19/h6-8H,1-5,15H2,(H,18,19). The average Bonchev–Trinajstić information content (AvgIpc) is 2.84. The zero-order valence-corrected chi connectivity index (χ0v) is 11.0. The van der Waals surface area contributed by atoms with Crippen LogP contribution in [0, 0.1) is 5.92 Å². The Kier molecular flexibility index (Phi) is 4.28. The van der Waals surface area contributed by atoms with Gasteiger partial charge in [0.2, 0.25) is 0 Å². The number of carboxylic acids is 1. The zero-order chi connectivity index (χ0) is 15.8. The van der Waals surface area contributed by atoms with E-state index in [0.29, 0.717) is 5.17 Å². The quantitative estimate of drug-likeness (QED) is 0.589. The first kappa shape index (κ1) is 15.8. The van der Waals surface area contributed by atoms with Crippen LogP contribution in [0.15, 0.2) is 0 Å². The van der Waals surface area contributed by atoms with Crippen LogP contribution in [-0.4, -0.2) is 45.6 Å². The van der Waals surface area contributed by atoms with Crippen LogP contribution < -0.4 is 5.84 Å². The van der Waals surface area contributed by atoms with E-state index in [1.165, 1.54) is 0 Å². The number of alkyl halides is 3. The highest BCUT2D eigenvalue weighted by Gasteiger charge is 2.59. The number of hydrogen-bond acceptors (Lipinski definition) is 5. The molecule has 0 aromatic carbocycles. The molecule has 3 N–H and O–H groups in total. The van der Waals surface area contributed by atoms with Crippen molar-refractivity contribution in [2.75, 3.05) is 0 Å². The lowest BCUT2D eigenvalue weighted by molar-refractivity contribution is -0.184. The van der Waals surface area contributed by atoms with Gasteiger partial charge in [-0.2, -0.15) is 13.2 Å². The number of hydrogen-bond donors (Lipinski definition) is 2. The molecule has 7 nitrogen and oxygen atoms in total. The lowest BCUT2D eigenvalue weighted by atomic mass is 9.94. The first-order valence-corrected chi connectivity index (χ1v) is 6.54. The molecule has 0 saturated carbocycles. The van der Waals surface area contributed by atoms with Gasteiger partial charge in [-0.05, 0) is 19.3 Å². The van der Waals surface area contributed by atoms with Crippen molar-refractivity contribution >= 4 is 12.1 Å². The molecule has 3 unspecified atom stereocenters. The van der Waals surface area contributed by atoms with Crippen molar-refractivity contribution in [2.24, 2.45) is 11.8 Å². The van der Waals surface area contributed by atoms with E-state index in [-0.39, 0.29) is 32.1 Å². The van der Waals surface area contributed by atoms with Crippen LogP contribution in [0.1, 0.15) is 32.1 Å². The van der Waals surface area contributed by atoms with E-state index in [1.807, 2.05) is 0 Å². The molecule has 2 saturated heterocycles. The summed E-state index contributed by atoms with van der Waals surface area (Å²) < 4.78 is 39.2. The van der Waals surface area contributed by atoms with E-state index >= 15 is 0 Å². The summed E-state index contributed by atoms with van der Waals surface area (Å²) >= 11 is 0. The number of nitrogens with two attached hydrogens (primary N) is 1. The monoisotopic (exact) mass is 311 g/mol. The number of carbonyl (C=O) groups excluding carboxylic acids is 1. The molecule has 21 heavy (non-hydrogen) atoms. The third-order valence-corrected chi connectivity index (χ3v) is 3.86. The molecule has 0 radical (unpaired) electrons. The number of carboxylic acid groups (broad SMARTS) is 1. The van der Waals surface area contributed by atoms with Crippen LogP contribution in [0.3, 0.4) is 0 Å². The summed E-state index contributed by atoms with van der Waals surface area (Å²) in [5, 5.41) is 9.18. The van der Waals surface area contributed by atoms with Gasteiger partial charge in [-0.15, -0.1) is 0 Å². The van der Waals surface area contributed by atoms with Gasteiger partial charge in [0.15, 0.2) is 0 Å². The molecule has 10 heteroatoms. The maximum absolute atomic E-state index is 13.1. The Hall–Kier alpha value is -1.55. The molecule has 0 bridgehead atoms. The molecular weight excluding hydrogens is 295 g/mol. The Bertz CT molecular complexity index is 431. The number of unbranched alkanes of at least 4 members (excludes halogenated alkanes) is 1. The highest BCUT2D eigenvalue weighted by molar-refractivity contribution is 5.70. The second kappa shape index (κ2) is 5.68. The largest absolute Gasteiger partial charge is 0.481 e. The van der Waals surface area contributed by atoms with Crippen molar-refractivity contribution in [2.45, 2.75) is 50.5 Å². The Morgan fingerprint density at radius 2 is 2.10 bits per heavy atom. The van der Waals surface area contributed by atoms with Crippen molar-refractivity contribution < 1.29 is 32.7 Å². The molecule has 0 aliphatic carbocycles. The van der Waals surface area contributed by atoms with Gasteiger partial charge >= 0.3 is 18.2 Å². The Morgan fingerprint density at radius 3 is 2.67 bits per heavy atom. The summed E-state index contributed by atoms with van der Waals surface area (Å²) in [6, 6.07) is -1.06. The highest BCUT2D eigenvalue weighted by Crippen LogP contribution is 2.45. The number of amides is 1. The topological polar surface area (TPSA) is 96.1 Å². The van der Waals surface area contributed by atoms with Crippen LogP contribution in [0.2, 0.25) is 0 Å². The molecule has 2 aliphatic rings. The number of nitrogens with zero attached hydrogens (tertiary/aromatic N) is 2. The molecule has 2 rings (SSSR count). The van der Waals surface area contributed by atoms with Gasteiger partial charge in [0.25, 0.3) is 0 Å². The van der Waals surface area contributed by atoms with Gasteiger partial charge in [0.1, 0.15) is 6.17 Å². The Morgan fingerprint density at radius 1 is 1.43 bits per heavy atom. The summed E-state index contributed by atoms with van der Waals surface area (Å²) in [6.45, 7) is 0. The average molecular weight is 311 g/mol. The van der Waals surface area contributed by atoms with Gasteiger partial charge < -0.3 is 9.94 Å². The Balaban J connectivity index is 2.05. The first-order chi connectivity index (χ1) is 9.71. The number of aliphatic carboxylic acids is 1. The second-order valence-corrected chi connectivity index (χ2v) is 5.20. The summed E-state index contributed by atoms with van der Waals surface area (Å²) in [6.07, 6.45) is -6.10. The minimum atomic E-state index is -4.44. The molecule has 3 atom stereocenters. The number of carbonyl (C=O) groups is 2. The lowest BCUT2D eigenvalue weighted by Crippen LogP contribution is -2.42. The minimum absolute atomic E-state index is 0.0664. The second-order valence-electron chi connectivity index (χ2n) is 5.20. The molecule has 2 aliphatic heterocycles. The number of rotatable bonds is 5. The molecular formula is C11H16F3N3O4. The minimum Gasteiger partial charge on any atom is -0.481 e. The number of hydroxylamine groups is 1. The molecule has 120 valence electrons. The van der Waals surface area contributed by atoms with E-state index in [9.17, 15) is 22.8 Å². The normalized spacial score (nSPS) is 29.6. The molecule has 0 aromatic rings. The highest BCUT2D eigenvalue weighted by atomic mass is 19.4. The van der Waals surface area contributed by atoms with Crippen molar-refractivity contribution in [3.8, 4) is 0 Å². The fourth-order valence-electron chi connectivity index (χ4n) is 2.92. The van der Waals surface area contributed by atoms with Crippen LogP contribution in [-0.2, 0) is 9.63 Å². The maximum atomic E-state index is 13.1. The molecule has 2 heterocycles. The fraction of sp³-hybridized carbons (Fsp3) is 0.818. The molecule has 0 spiro atoms. The van der Waals surface area contributed by atoms with Gasteiger partial charge in [0, 0.05) is 12.5 Å². The molecule has 2 fully saturated rings. The van der Waals surface area contributed by atoms with Gasteiger partial charge in [0.05, 0.1) is 5.92 Å². The van der Waals surface area contributed by atoms with Crippen molar-refractivity contribution in [1.29, 1.82) is 0 Å². The van der Waals surface area contributed by atoms with Gasteiger partial charge in [-0.1, -0.05) is 11.6 Å². The fourth-order valence-corrected chi connectivity index (χ4v) is 2.92. The van der Waals surface area contributed by atoms with Crippen molar-refractivity contribution in [1.82, 2.24) is 10.1 Å². The number of halogens is 3. The molecule has 0 aromatic heterocycles. The Labute approximate surface area is 118 Å². The van der Waals surface area contributed by atoms with Crippen molar-refractivity contribution in [3.05, 3.63) is 0 Å². The van der Waals surface area contributed by atoms with Crippen LogP contribution in [0.4, 0.5) is 18.0 Å². The summed E-state index contributed by atoms with van der Waals surface area (Å²) in [7, 11) is 0. The lowest BCUT2D eigenvalue weighted by Gasteiger charge is -2.26. The molecule has 1 amide bonds. The SMILES string of the molecule is NN1OC(=O)N2C(CCCCC(=O)O)C(C(F)(F)F)CC12. The maximum Gasteiger partial charge on any atom is 0.431 e. The van der Waals surface area contributed by atoms with Crippen LogP contribution in [0.25, 0.3) is 0 Å². The van der Waals surface area contributed by atoms with Crippen molar-refractivity contribution in [3.63, 3.8) is 0 Å².